The van der Waals surface area contributed by atoms with Gasteiger partial charge < -0.3 is 5.32 Å². The molecule has 112 valence electrons. The fourth-order valence-electron chi connectivity index (χ4n) is 2.14. The van der Waals surface area contributed by atoms with Gasteiger partial charge in [0, 0.05) is 12.2 Å². The van der Waals surface area contributed by atoms with E-state index in [-0.39, 0.29) is 10.7 Å². The lowest BCUT2D eigenvalue weighted by atomic mass is 10.1. The predicted molar refractivity (Wildman–Crippen MR) is 81.0 cm³/mol. The normalized spacial score (nSPS) is 11.4. The van der Waals surface area contributed by atoms with Crippen LogP contribution >= 0.6 is 0 Å². The number of hydrogen-bond acceptors (Lipinski definition) is 3. The highest BCUT2D eigenvalue weighted by Gasteiger charge is 2.13. The number of anilines is 1. The number of halogens is 1. The molecule has 2 aromatic rings. The lowest BCUT2D eigenvalue weighted by molar-refractivity contribution is 0.597. The van der Waals surface area contributed by atoms with Crippen LogP contribution in [0, 0.1) is 19.7 Å². The van der Waals surface area contributed by atoms with Crippen molar-refractivity contribution in [3.8, 4) is 0 Å². The van der Waals surface area contributed by atoms with E-state index in [2.05, 4.69) is 5.32 Å². The van der Waals surface area contributed by atoms with Gasteiger partial charge in [-0.1, -0.05) is 12.1 Å². The van der Waals surface area contributed by atoms with Crippen molar-refractivity contribution in [1.82, 2.24) is 0 Å². The minimum absolute atomic E-state index is 0.0865. The average molecular weight is 308 g/mol. The predicted octanol–water partition coefficient (Wildman–Crippen LogP) is 2.70. The third kappa shape index (κ3) is 3.59. The Bertz CT molecular complexity index is 773. The summed E-state index contributed by atoms with van der Waals surface area (Å²) in [7, 11) is -3.75. The Kier molecular flexibility index (Phi) is 4.29. The van der Waals surface area contributed by atoms with Gasteiger partial charge in [0.25, 0.3) is 0 Å². The summed E-state index contributed by atoms with van der Waals surface area (Å²) in [5.41, 5.74) is 2.99. The van der Waals surface area contributed by atoms with Gasteiger partial charge in [0.15, 0.2) is 0 Å². The molecule has 0 spiro atoms. The molecular weight excluding hydrogens is 291 g/mol. The van der Waals surface area contributed by atoms with Crippen molar-refractivity contribution in [2.24, 2.45) is 5.14 Å². The smallest absolute Gasteiger partial charge is 0.238 e. The molecule has 0 aromatic heterocycles. The lowest BCUT2D eigenvalue weighted by Crippen LogP contribution is -2.14. The van der Waals surface area contributed by atoms with Gasteiger partial charge in [-0.3, -0.25) is 0 Å². The molecule has 0 aliphatic rings. The van der Waals surface area contributed by atoms with Crippen molar-refractivity contribution in [2.75, 3.05) is 5.32 Å². The second-order valence-corrected chi connectivity index (χ2v) is 6.43. The first kappa shape index (κ1) is 15.5. The molecule has 21 heavy (non-hydrogen) atoms. The quantitative estimate of drug-likeness (QED) is 0.912. The van der Waals surface area contributed by atoms with Crippen LogP contribution in [0.2, 0.25) is 0 Å². The van der Waals surface area contributed by atoms with Crippen LogP contribution in [0.3, 0.4) is 0 Å². The number of benzene rings is 2. The maximum absolute atomic E-state index is 13.2. The van der Waals surface area contributed by atoms with E-state index in [0.29, 0.717) is 17.8 Å². The summed E-state index contributed by atoms with van der Waals surface area (Å²) in [4.78, 5) is 0.0865. The lowest BCUT2D eigenvalue weighted by Gasteiger charge is -2.13. The largest absolute Gasteiger partial charge is 0.381 e. The molecule has 0 radical (unpaired) electrons. The molecule has 0 bridgehead atoms. The average Bonchev–Trinajstić information content (AvgIpc) is 2.40. The number of hydrogen-bond donors (Lipinski definition) is 2. The zero-order valence-corrected chi connectivity index (χ0v) is 12.7. The van der Waals surface area contributed by atoms with E-state index >= 15 is 0 Å². The first-order valence-electron chi connectivity index (χ1n) is 6.40. The maximum atomic E-state index is 13.2. The molecule has 0 unspecified atom stereocenters. The van der Waals surface area contributed by atoms with Crippen LogP contribution in [0.25, 0.3) is 0 Å². The zero-order chi connectivity index (χ0) is 15.6. The maximum Gasteiger partial charge on any atom is 0.238 e. The van der Waals surface area contributed by atoms with Crippen LogP contribution in [0.4, 0.5) is 10.1 Å². The molecule has 0 saturated heterocycles. The Morgan fingerprint density at radius 1 is 1.19 bits per heavy atom. The summed E-state index contributed by atoms with van der Waals surface area (Å²) in [5, 5.41) is 8.30. The summed E-state index contributed by atoms with van der Waals surface area (Å²) >= 11 is 0. The topological polar surface area (TPSA) is 72.2 Å². The SMILES string of the molecule is Cc1ccc(F)cc1CNc1cccc(S(N)(=O)=O)c1C. The van der Waals surface area contributed by atoms with Gasteiger partial charge in [0.2, 0.25) is 10.0 Å². The van der Waals surface area contributed by atoms with Gasteiger partial charge in [-0.2, -0.15) is 0 Å². The highest BCUT2D eigenvalue weighted by molar-refractivity contribution is 7.89. The summed E-state index contributed by atoms with van der Waals surface area (Å²) in [6, 6.07) is 9.42. The Balaban J connectivity index is 2.27. The van der Waals surface area contributed by atoms with Crippen LogP contribution in [0.5, 0.6) is 0 Å². The first-order valence-corrected chi connectivity index (χ1v) is 7.95. The van der Waals surface area contributed by atoms with Crippen molar-refractivity contribution in [3.05, 3.63) is 58.9 Å². The Labute approximate surface area is 123 Å². The summed E-state index contributed by atoms with van der Waals surface area (Å²) < 4.78 is 36.2. The minimum Gasteiger partial charge on any atom is -0.381 e. The highest BCUT2D eigenvalue weighted by Crippen LogP contribution is 2.23. The Hall–Kier alpha value is -1.92. The van der Waals surface area contributed by atoms with E-state index in [0.717, 1.165) is 11.1 Å². The molecule has 0 fully saturated rings. The molecule has 6 heteroatoms. The summed E-state index contributed by atoms with van der Waals surface area (Å²) in [6.45, 7) is 3.98. The van der Waals surface area contributed by atoms with E-state index in [1.54, 1.807) is 25.1 Å². The van der Waals surface area contributed by atoms with Gasteiger partial charge in [0.1, 0.15) is 5.82 Å². The molecule has 2 rings (SSSR count). The van der Waals surface area contributed by atoms with E-state index in [1.165, 1.54) is 18.2 Å². The van der Waals surface area contributed by atoms with Crippen LogP contribution in [0.1, 0.15) is 16.7 Å². The molecule has 0 aliphatic heterocycles. The molecular formula is C15H17FN2O2S. The summed E-state index contributed by atoms with van der Waals surface area (Å²) in [6.07, 6.45) is 0. The number of primary sulfonamides is 1. The van der Waals surface area contributed by atoms with E-state index in [9.17, 15) is 12.8 Å². The number of nitrogens with one attached hydrogen (secondary N) is 1. The minimum atomic E-state index is -3.75. The van der Waals surface area contributed by atoms with Crippen LogP contribution in [-0.4, -0.2) is 8.42 Å². The first-order chi connectivity index (χ1) is 9.79. The summed E-state index contributed by atoms with van der Waals surface area (Å²) in [5.74, 6) is -0.299. The van der Waals surface area contributed by atoms with Crippen LogP contribution in [-0.2, 0) is 16.6 Å². The van der Waals surface area contributed by atoms with E-state index in [1.807, 2.05) is 6.92 Å². The molecule has 4 nitrogen and oxygen atoms in total. The third-order valence-corrected chi connectivity index (χ3v) is 4.43. The Morgan fingerprint density at radius 3 is 2.57 bits per heavy atom. The monoisotopic (exact) mass is 308 g/mol. The molecule has 0 aliphatic carbocycles. The standard InChI is InChI=1S/C15H17FN2O2S/c1-10-6-7-13(16)8-12(10)9-18-14-4-3-5-15(11(14)2)21(17,19)20/h3-8,18H,9H2,1-2H3,(H2,17,19,20). The van der Waals surface area contributed by atoms with Gasteiger partial charge in [-0.25, -0.2) is 17.9 Å². The fourth-order valence-corrected chi connectivity index (χ4v) is 2.94. The van der Waals surface area contributed by atoms with E-state index in [4.69, 9.17) is 5.14 Å². The highest BCUT2D eigenvalue weighted by atomic mass is 32.2. The van der Waals surface area contributed by atoms with Gasteiger partial charge >= 0.3 is 0 Å². The van der Waals surface area contributed by atoms with Crippen LogP contribution in [0.15, 0.2) is 41.3 Å². The third-order valence-electron chi connectivity index (χ3n) is 3.37. The fraction of sp³-hybridized carbons (Fsp3) is 0.200. The van der Waals surface area contributed by atoms with Crippen LogP contribution < -0.4 is 10.5 Å². The molecule has 0 atom stereocenters. The number of aryl methyl sites for hydroxylation is 1. The van der Waals surface area contributed by atoms with Gasteiger partial charge in [0.05, 0.1) is 4.90 Å². The molecule has 0 heterocycles. The van der Waals surface area contributed by atoms with Crippen molar-refractivity contribution in [1.29, 1.82) is 0 Å². The van der Waals surface area contributed by atoms with Crippen molar-refractivity contribution >= 4 is 15.7 Å². The van der Waals surface area contributed by atoms with Gasteiger partial charge in [-0.05, 0) is 54.8 Å². The Morgan fingerprint density at radius 2 is 1.90 bits per heavy atom. The number of rotatable bonds is 4. The zero-order valence-electron chi connectivity index (χ0n) is 11.9. The number of nitrogens with two attached hydrogens (primary N) is 1. The van der Waals surface area contributed by atoms with Crippen molar-refractivity contribution in [3.63, 3.8) is 0 Å². The molecule has 3 N–H and O–H groups in total. The molecule has 2 aromatic carbocycles. The second kappa shape index (κ2) is 5.83. The molecule has 0 saturated carbocycles. The molecule has 0 amide bonds. The second-order valence-electron chi connectivity index (χ2n) is 4.90. The van der Waals surface area contributed by atoms with E-state index < -0.39 is 10.0 Å². The number of sulfonamides is 1. The van der Waals surface area contributed by atoms with Crippen molar-refractivity contribution < 1.29 is 12.8 Å². The van der Waals surface area contributed by atoms with Crippen molar-refractivity contribution in [2.45, 2.75) is 25.3 Å². The van der Waals surface area contributed by atoms with Gasteiger partial charge in [-0.15, -0.1) is 0 Å².